The van der Waals surface area contributed by atoms with Gasteiger partial charge in [0.2, 0.25) is 5.91 Å². The number of rotatable bonds is 3. The molecule has 0 unspecified atom stereocenters. The average Bonchev–Trinajstić information content (AvgIpc) is 2.65. The van der Waals surface area contributed by atoms with E-state index in [1.54, 1.807) is 0 Å². The molecule has 0 aliphatic carbocycles. The van der Waals surface area contributed by atoms with Crippen LogP contribution in [0.25, 0.3) is 11.3 Å². The maximum Gasteiger partial charge on any atom is 0.272 e. The number of thioether (sulfide) groups is 1. The van der Waals surface area contributed by atoms with Crippen molar-refractivity contribution in [3.63, 3.8) is 0 Å². The van der Waals surface area contributed by atoms with Gasteiger partial charge in [-0.25, -0.2) is 9.37 Å². The summed E-state index contributed by atoms with van der Waals surface area (Å²) in [6.07, 6.45) is 1.45. The van der Waals surface area contributed by atoms with Crippen LogP contribution in [0.4, 0.5) is 4.39 Å². The second-order valence-electron chi connectivity index (χ2n) is 8.06. The van der Waals surface area contributed by atoms with Gasteiger partial charge < -0.3 is 5.32 Å². The first-order chi connectivity index (χ1) is 13.6. The Morgan fingerprint density at radius 3 is 2.79 bits per heavy atom. The molecule has 152 valence electrons. The highest BCUT2D eigenvalue weighted by molar-refractivity contribution is 7.99. The minimum Gasteiger partial charge on any atom is -0.356 e. The summed E-state index contributed by atoms with van der Waals surface area (Å²) in [5, 5.41) is 12.8. The van der Waals surface area contributed by atoms with E-state index in [9.17, 15) is 19.2 Å². The van der Waals surface area contributed by atoms with Gasteiger partial charge in [0.25, 0.3) is 5.56 Å². The maximum atomic E-state index is 14.6. The molecule has 1 aliphatic rings. The van der Waals surface area contributed by atoms with E-state index in [1.165, 1.54) is 35.5 Å². The molecule has 0 fully saturated rings. The highest BCUT2D eigenvalue weighted by Crippen LogP contribution is 2.30. The topological polar surface area (TPSA) is 101 Å². The summed E-state index contributed by atoms with van der Waals surface area (Å²) in [4.78, 5) is 32.8. The zero-order valence-corrected chi connectivity index (χ0v) is 17.6. The summed E-state index contributed by atoms with van der Waals surface area (Å²) < 4.78 is 16.1. The summed E-state index contributed by atoms with van der Waals surface area (Å²) in [5.74, 6) is 0.0979. The molecule has 9 heteroatoms. The number of pyridine rings is 1. The maximum absolute atomic E-state index is 14.6. The van der Waals surface area contributed by atoms with Gasteiger partial charge in [-0.1, -0.05) is 32.5 Å². The van der Waals surface area contributed by atoms with E-state index in [2.05, 4.69) is 15.3 Å². The van der Waals surface area contributed by atoms with E-state index in [-0.39, 0.29) is 23.1 Å². The van der Waals surface area contributed by atoms with Gasteiger partial charge >= 0.3 is 0 Å². The van der Waals surface area contributed by atoms with Gasteiger partial charge in [-0.05, 0) is 6.07 Å². The molecule has 0 aromatic carbocycles. The number of hydrogen-bond donors (Lipinski definition) is 1. The lowest BCUT2D eigenvalue weighted by molar-refractivity contribution is -0.119. The molecule has 1 aliphatic heterocycles. The minimum atomic E-state index is -0.499. The molecule has 1 atom stereocenters. The number of carbonyl (C=O) groups excluding carboxylic acids is 1. The summed E-state index contributed by atoms with van der Waals surface area (Å²) >= 11 is 1.38. The van der Waals surface area contributed by atoms with Gasteiger partial charge in [0.05, 0.1) is 11.4 Å². The Hall–Kier alpha value is -2.73. The Labute approximate surface area is 172 Å². The van der Waals surface area contributed by atoms with Crippen LogP contribution in [0.2, 0.25) is 0 Å². The van der Waals surface area contributed by atoms with Gasteiger partial charge in [0.1, 0.15) is 17.4 Å². The molecule has 2 aromatic rings. The van der Waals surface area contributed by atoms with Gasteiger partial charge in [0.15, 0.2) is 5.16 Å². The molecule has 0 spiro atoms. The molecule has 1 amide bonds. The van der Waals surface area contributed by atoms with Crippen LogP contribution in [0.5, 0.6) is 0 Å². The van der Waals surface area contributed by atoms with E-state index >= 15 is 0 Å². The normalized spacial score (nSPS) is 16.1. The number of carbonyl (C=O) groups is 1. The summed E-state index contributed by atoms with van der Waals surface area (Å²) in [5.41, 5.74) is -0.323. The highest BCUT2D eigenvalue weighted by Gasteiger charge is 2.27. The first-order valence-corrected chi connectivity index (χ1v) is 10.2. The molecule has 7 nitrogen and oxygen atoms in total. The zero-order valence-electron chi connectivity index (χ0n) is 16.7. The third-order valence-electron chi connectivity index (χ3n) is 4.60. The van der Waals surface area contributed by atoms with Crippen LogP contribution >= 0.6 is 11.8 Å². The van der Waals surface area contributed by atoms with E-state index in [0.29, 0.717) is 35.3 Å². The van der Waals surface area contributed by atoms with Crippen molar-refractivity contribution in [2.45, 2.75) is 44.8 Å². The molecule has 1 N–H and O–H groups in total. The Bertz CT molecular complexity index is 1070. The molecule has 2 aromatic heterocycles. The largest absolute Gasteiger partial charge is 0.356 e. The monoisotopic (exact) mass is 415 g/mol. The van der Waals surface area contributed by atoms with Gasteiger partial charge in [-0.15, -0.1) is 0 Å². The van der Waals surface area contributed by atoms with Crippen molar-refractivity contribution in [1.29, 1.82) is 5.26 Å². The summed E-state index contributed by atoms with van der Waals surface area (Å²) in [7, 11) is 0. The Balaban J connectivity index is 2.02. The fraction of sp³-hybridized carbons (Fsp3) is 0.450. The average molecular weight is 415 g/mol. The van der Waals surface area contributed by atoms with Crippen LogP contribution in [-0.2, 0) is 16.8 Å². The number of nitriles is 1. The van der Waals surface area contributed by atoms with E-state index < -0.39 is 16.8 Å². The number of fused-ring (bicyclic) bond motifs is 1. The zero-order chi connectivity index (χ0) is 21.3. The second kappa shape index (κ2) is 7.95. The van der Waals surface area contributed by atoms with Crippen LogP contribution < -0.4 is 10.9 Å². The van der Waals surface area contributed by atoms with E-state index in [0.717, 1.165) is 0 Å². The van der Waals surface area contributed by atoms with Crippen molar-refractivity contribution in [2.75, 3.05) is 12.3 Å². The Morgan fingerprint density at radius 1 is 1.48 bits per heavy atom. The lowest BCUT2D eigenvalue weighted by Crippen LogP contribution is -2.38. The molecule has 29 heavy (non-hydrogen) atoms. The predicted molar refractivity (Wildman–Crippen MR) is 108 cm³/mol. The number of nitrogens with zero attached hydrogens (tertiary/aromatic N) is 4. The lowest BCUT2D eigenvalue weighted by atomic mass is 9.90. The predicted octanol–water partition coefficient (Wildman–Crippen LogP) is 2.47. The Morgan fingerprint density at radius 2 is 2.21 bits per heavy atom. The summed E-state index contributed by atoms with van der Waals surface area (Å²) in [6, 6.07) is 3.19. The molecule has 0 saturated heterocycles. The first kappa shape index (κ1) is 21.0. The molecule has 0 radical (unpaired) electrons. The minimum absolute atomic E-state index is 0.0541. The van der Waals surface area contributed by atoms with Crippen molar-refractivity contribution in [2.24, 2.45) is 5.92 Å². The van der Waals surface area contributed by atoms with Crippen LogP contribution in [0.15, 0.2) is 22.2 Å². The quantitative estimate of drug-likeness (QED) is 0.773. The van der Waals surface area contributed by atoms with Gasteiger partial charge in [-0.3, -0.25) is 19.1 Å². The lowest BCUT2D eigenvalue weighted by Gasteiger charge is -2.25. The van der Waals surface area contributed by atoms with Gasteiger partial charge in [-0.2, -0.15) is 5.26 Å². The van der Waals surface area contributed by atoms with Crippen LogP contribution in [0.1, 0.15) is 39.0 Å². The molecule has 3 rings (SSSR count). The van der Waals surface area contributed by atoms with E-state index in [4.69, 9.17) is 0 Å². The van der Waals surface area contributed by atoms with Crippen molar-refractivity contribution in [3.8, 4) is 17.3 Å². The van der Waals surface area contributed by atoms with Crippen molar-refractivity contribution < 1.29 is 9.18 Å². The molecular weight excluding hydrogens is 393 g/mol. The molecule has 3 heterocycles. The van der Waals surface area contributed by atoms with Gasteiger partial charge in [0, 0.05) is 48.9 Å². The highest BCUT2D eigenvalue weighted by atomic mass is 32.2. The molecule has 0 bridgehead atoms. The van der Waals surface area contributed by atoms with Crippen molar-refractivity contribution in [1.82, 2.24) is 19.9 Å². The smallest absolute Gasteiger partial charge is 0.272 e. The van der Waals surface area contributed by atoms with E-state index in [1.807, 2.05) is 26.8 Å². The SMILES string of the molecule is CC(=O)NC[C@@H]1CSc2nc(-c3cnc(C(C)(C)C)c(F)c3)c(C#N)c(=O)n2C1. The number of amides is 1. The summed E-state index contributed by atoms with van der Waals surface area (Å²) in [6.45, 7) is 7.82. The molecular formula is C20H22FN5O2S. The van der Waals surface area contributed by atoms with Crippen LogP contribution in [0, 0.1) is 23.1 Å². The fourth-order valence-electron chi connectivity index (χ4n) is 3.15. The second-order valence-corrected chi connectivity index (χ2v) is 9.05. The van der Waals surface area contributed by atoms with Crippen molar-refractivity contribution in [3.05, 3.63) is 39.7 Å². The third-order valence-corrected chi connectivity index (χ3v) is 5.81. The van der Waals surface area contributed by atoms with Crippen molar-refractivity contribution >= 4 is 17.7 Å². The number of halogens is 1. The van der Waals surface area contributed by atoms with Crippen LogP contribution in [-0.4, -0.2) is 32.7 Å². The Kier molecular flexibility index (Phi) is 5.75. The fourth-order valence-corrected chi connectivity index (χ4v) is 4.23. The van der Waals surface area contributed by atoms with Crippen LogP contribution in [0.3, 0.4) is 0 Å². The number of hydrogen-bond acceptors (Lipinski definition) is 6. The first-order valence-electron chi connectivity index (χ1n) is 9.20. The third kappa shape index (κ3) is 4.32. The number of nitrogens with one attached hydrogen (secondary N) is 1. The standard InChI is InChI=1S/C20H22FN5O2S/c1-11(27)23-7-12-9-26-18(28)14(6-22)16(25-19(26)29-10-12)13-5-15(21)17(24-8-13)20(2,3)4/h5,8,12H,7,9-10H2,1-4H3,(H,23,27)/t12-/m0/s1. The number of aromatic nitrogens is 3. The molecule has 0 saturated carbocycles.